The quantitative estimate of drug-likeness (QED) is 0.607. The van der Waals surface area contributed by atoms with Crippen molar-refractivity contribution in [3.8, 4) is 0 Å². The van der Waals surface area contributed by atoms with Crippen LogP contribution in [0.2, 0.25) is 5.54 Å². The van der Waals surface area contributed by atoms with E-state index in [1.165, 1.54) is 0 Å². The largest absolute Gasteiger partial charge is 0.393 e. The van der Waals surface area contributed by atoms with Crippen LogP contribution in [0.15, 0.2) is 0 Å². The molecule has 0 heterocycles. The maximum atomic E-state index is 6.10. The van der Waals surface area contributed by atoms with Crippen LogP contribution in [0.3, 0.4) is 0 Å². The highest BCUT2D eigenvalue weighted by atomic mass is 28.4. The standard InChI is InChI=1S/C11H28N2O2Si/c1-5-14-16(11(4)13,15-6-2)10(3)8-7-9-12/h10-11H,5-9,12-13H2,1-4H3. The lowest BCUT2D eigenvalue weighted by molar-refractivity contribution is 0.164. The summed E-state index contributed by atoms with van der Waals surface area (Å²) in [6.07, 6.45) is 2.03. The van der Waals surface area contributed by atoms with E-state index in [9.17, 15) is 0 Å². The van der Waals surface area contributed by atoms with E-state index in [4.69, 9.17) is 20.3 Å². The van der Waals surface area contributed by atoms with Gasteiger partial charge >= 0.3 is 8.56 Å². The molecule has 2 unspecified atom stereocenters. The van der Waals surface area contributed by atoms with Gasteiger partial charge in [0.15, 0.2) is 0 Å². The molecule has 0 radical (unpaired) electrons. The lowest BCUT2D eigenvalue weighted by atomic mass is 10.2. The van der Waals surface area contributed by atoms with Crippen molar-refractivity contribution >= 4 is 8.56 Å². The van der Waals surface area contributed by atoms with Gasteiger partial charge in [-0.25, -0.2) is 0 Å². The van der Waals surface area contributed by atoms with E-state index < -0.39 is 8.56 Å². The average Bonchev–Trinajstić information content (AvgIpc) is 2.24. The van der Waals surface area contributed by atoms with E-state index in [0.717, 1.165) is 12.8 Å². The fraction of sp³-hybridized carbons (Fsp3) is 1.00. The van der Waals surface area contributed by atoms with E-state index in [-0.39, 0.29) is 5.67 Å². The van der Waals surface area contributed by atoms with Crippen LogP contribution >= 0.6 is 0 Å². The Balaban J connectivity index is 4.69. The summed E-state index contributed by atoms with van der Waals surface area (Å²) in [5.41, 5.74) is 12.0. The van der Waals surface area contributed by atoms with Gasteiger partial charge in [0.1, 0.15) is 0 Å². The number of hydrogen-bond acceptors (Lipinski definition) is 4. The van der Waals surface area contributed by atoms with Crippen LogP contribution < -0.4 is 11.5 Å². The molecule has 0 spiro atoms. The second kappa shape index (κ2) is 8.19. The van der Waals surface area contributed by atoms with Gasteiger partial charge in [0, 0.05) is 24.4 Å². The van der Waals surface area contributed by atoms with E-state index in [2.05, 4.69) is 6.92 Å². The topological polar surface area (TPSA) is 70.5 Å². The van der Waals surface area contributed by atoms with Gasteiger partial charge < -0.3 is 20.3 Å². The molecule has 0 saturated carbocycles. The Hall–Kier alpha value is 0.0569. The smallest absolute Gasteiger partial charge is 0.358 e. The van der Waals surface area contributed by atoms with E-state index in [1.807, 2.05) is 20.8 Å². The van der Waals surface area contributed by atoms with Crippen molar-refractivity contribution < 1.29 is 8.85 Å². The third kappa shape index (κ3) is 4.14. The van der Waals surface area contributed by atoms with Gasteiger partial charge in [0.25, 0.3) is 0 Å². The predicted molar refractivity (Wildman–Crippen MR) is 70.4 cm³/mol. The second-order valence-electron chi connectivity index (χ2n) is 4.21. The van der Waals surface area contributed by atoms with Crippen molar-refractivity contribution in [2.24, 2.45) is 11.5 Å². The van der Waals surface area contributed by atoms with Gasteiger partial charge in [-0.3, -0.25) is 0 Å². The summed E-state index contributed by atoms with van der Waals surface area (Å²) in [5, 5.41) is 0. The maximum absolute atomic E-state index is 6.10. The van der Waals surface area contributed by atoms with Gasteiger partial charge in [-0.15, -0.1) is 0 Å². The van der Waals surface area contributed by atoms with Gasteiger partial charge in [0.05, 0.1) is 0 Å². The van der Waals surface area contributed by atoms with Crippen molar-refractivity contribution in [1.82, 2.24) is 0 Å². The molecule has 0 amide bonds. The highest BCUT2D eigenvalue weighted by Crippen LogP contribution is 2.30. The van der Waals surface area contributed by atoms with Gasteiger partial charge in [-0.2, -0.15) is 0 Å². The molecule has 98 valence electrons. The molecule has 0 aromatic carbocycles. The summed E-state index contributed by atoms with van der Waals surface area (Å²) in [6.45, 7) is 10.2. The first kappa shape index (κ1) is 16.1. The molecule has 0 aliphatic carbocycles. The minimum absolute atomic E-state index is 0.0137. The molecule has 0 aliphatic heterocycles. The summed E-state index contributed by atoms with van der Waals surface area (Å²) in [7, 11) is -2.29. The van der Waals surface area contributed by atoms with Crippen molar-refractivity contribution in [3.05, 3.63) is 0 Å². The third-order valence-corrected chi connectivity index (χ3v) is 7.31. The predicted octanol–water partition coefficient (Wildman–Crippen LogP) is 1.52. The Bertz CT molecular complexity index is 173. The number of hydrogen-bond donors (Lipinski definition) is 2. The molecule has 16 heavy (non-hydrogen) atoms. The fourth-order valence-corrected chi connectivity index (χ4v) is 5.70. The Labute approximate surface area is 101 Å². The average molecular weight is 248 g/mol. The molecule has 0 aromatic heterocycles. The Morgan fingerprint density at radius 2 is 1.62 bits per heavy atom. The SMILES string of the molecule is CCO[Si](OCC)(C(C)N)C(C)CCCN. The van der Waals surface area contributed by atoms with Crippen molar-refractivity contribution in [2.75, 3.05) is 19.8 Å². The Morgan fingerprint density at radius 1 is 1.12 bits per heavy atom. The van der Waals surface area contributed by atoms with Crippen LogP contribution in [0.5, 0.6) is 0 Å². The number of rotatable bonds is 9. The normalized spacial score (nSPS) is 16.1. The summed E-state index contributed by atoms with van der Waals surface area (Å²) < 4.78 is 11.9. The lowest BCUT2D eigenvalue weighted by Gasteiger charge is -2.38. The summed E-state index contributed by atoms with van der Waals surface area (Å²) in [4.78, 5) is 0. The van der Waals surface area contributed by atoms with Crippen molar-refractivity contribution in [3.63, 3.8) is 0 Å². The molecule has 0 aromatic rings. The van der Waals surface area contributed by atoms with Crippen LogP contribution in [-0.4, -0.2) is 34.0 Å². The second-order valence-corrected chi connectivity index (χ2v) is 8.12. The summed E-state index contributed by atoms with van der Waals surface area (Å²) in [6, 6.07) is 0. The Kier molecular flexibility index (Phi) is 8.22. The molecule has 2 atom stereocenters. The molecule has 0 bridgehead atoms. The first-order valence-electron chi connectivity index (χ1n) is 6.28. The van der Waals surface area contributed by atoms with Crippen LogP contribution in [0.1, 0.15) is 40.5 Å². The van der Waals surface area contributed by atoms with Gasteiger partial charge in [0.2, 0.25) is 0 Å². The zero-order chi connectivity index (χ0) is 12.6. The van der Waals surface area contributed by atoms with E-state index in [0.29, 0.717) is 25.3 Å². The van der Waals surface area contributed by atoms with Crippen LogP contribution in [0, 0.1) is 0 Å². The minimum atomic E-state index is -2.29. The Morgan fingerprint density at radius 3 is 1.94 bits per heavy atom. The first-order chi connectivity index (χ1) is 7.55. The van der Waals surface area contributed by atoms with Gasteiger partial charge in [-0.05, 0) is 40.2 Å². The molecular weight excluding hydrogens is 220 g/mol. The molecule has 0 saturated heterocycles. The molecule has 5 heteroatoms. The zero-order valence-corrected chi connectivity index (χ0v) is 12.2. The van der Waals surface area contributed by atoms with Crippen LogP contribution in [0.25, 0.3) is 0 Å². The van der Waals surface area contributed by atoms with Crippen molar-refractivity contribution in [2.45, 2.75) is 51.7 Å². The number of nitrogens with two attached hydrogens (primary N) is 2. The van der Waals surface area contributed by atoms with E-state index in [1.54, 1.807) is 0 Å². The highest BCUT2D eigenvalue weighted by molar-refractivity contribution is 6.70. The maximum Gasteiger partial charge on any atom is 0.358 e. The highest BCUT2D eigenvalue weighted by Gasteiger charge is 2.46. The fourth-order valence-electron chi connectivity index (χ4n) is 2.11. The molecule has 0 fully saturated rings. The molecule has 4 nitrogen and oxygen atoms in total. The van der Waals surface area contributed by atoms with Crippen molar-refractivity contribution in [1.29, 1.82) is 0 Å². The molecule has 4 N–H and O–H groups in total. The van der Waals surface area contributed by atoms with Gasteiger partial charge in [-0.1, -0.05) is 6.92 Å². The molecule has 0 rings (SSSR count). The van der Waals surface area contributed by atoms with E-state index >= 15 is 0 Å². The summed E-state index contributed by atoms with van der Waals surface area (Å²) in [5.74, 6) is 0. The minimum Gasteiger partial charge on any atom is -0.393 e. The monoisotopic (exact) mass is 248 g/mol. The molecular formula is C11H28N2O2Si. The zero-order valence-electron chi connectivity index (χ0n) is 11.2. The lowest BCUT2D eigenvalue weighted by Crippen LogP contribution is -2.59. The molecule has 0 aliphatic rings. The third-order valence-electron chi connectivity index (χ3n) is 2.90. The summed E-state index contributed by atoms with van der Waals surface area (Å²) >= 11 is 0. The first-order valence-corrected chi connectivity index (χ1v) is 8.25. The van der Waals surface area contributed by atoms with Crippen LogP contribution in [0.4, 0.5) is 0 Å². The van der Waals surface area contributed by atoms with Crippen LogP contribution in [-0.2, 0) is 8.85 Å².